The van der Waals surface area contributed by atoms with Crippen molar-refractivity contribution in [3.8, 4) is 0 Å². The van der Waals surface area contributed by atoms with E-state index in [1.54, 1.807) is 23.9 Å². The SMILES string of the molecule is CC(C)CN(CC(=O)N1CCS[C@H]1c1ccc(F)cc1)Cc1cccc(Cl)c1. The van der Waals surface area contributed by atoms with Crippen LogP contribution in [0, 0.1) is 11.7 Å². The molecule has 2 aromatic carbocycles. The summed E-state index contributed by atoms with van der Waals surface area (Å²) in [5.74, 6) is 1.20. The van der Waals surface area contributed by atoms with Crippen molar-refractivity contribution in [3.05, 3.63) is 70.5 Å². The van der Waals surface area contributed by atoms with Gasteiger partial charge in [0, 0.05) is 30.4 Å². The maximum atomic E-state index is 13.3. The minimum atomic E-state index is -0.255. The summed E-state index contributed by atoms with van der Waals surface area (Å²) in [6.07, 6.45) is 0. The van der Waals surface area contributed by atoms with Gasteiger partial charge in [0.05, 0.1) is 6.54 Å². The molecule has 0 bridgehead atoms. The largest absolute Gasteiger partial charge is 0.325 e. The topological polar surface area (TPSA) is 23.6 Å². The number of hydrogen-bond donors (Lipinski definition) is 0. The first kappa shape index (κ1) is 21.2. The fourth-order valence-electron chi connectivity index (χ4n) is 3.51. The summed E-state index contributed by atoms with van der Waals surface area (Å²) >= 11 is 7.85. The average molecular weight is 421 g/mol. The molecule has 0 unspecified atom stereocenters. The Morgan fingerprint density at radius 1 is 1.29 bits per heavy atom. The van der Waals surface area contributed by atoms with E-state index in [-0.39, 0.29) is 17.1 Å². The van der Waals surface area contributed by atoms with Crippen LogP contribution in [0.5, 0.6) is 0 Å². The molecular weight excluding hydrogens is 395 g/mol. The molecule has 0 aliphatic carbocycles. The lowest BCUT2D eigenvalue weighted by atomic mass is 10.1. The predicted octanol–water partition coefficient (Wildman–Crippen LogP) is 5.21. The van der Waals surface area contributed by atoms with Crippen LogP contribution < -0.4 is 0 Å². The minimum absolute atomic E-state index is 0.0415. The number of hydrogen-bond acceptors (Lipinski definition) is 3. The average Bonchev–Trinajstić information content (AvgIpc) is 3.11. The van der Waals surface area contributed by atoms with E-state index >= 15 is 0 Å². The van der Waals surface area contributed by atoms with Gasteiger partial charge in [-0.1, -0.05) is 49.7 Å². The summed E-state index contributed by atoms with van der Waals surface area (Å²) in [6, 6.07) is 14.3. The molecule has 150 valence electrons. The second-order valence-corrected chi connectivity index (χ2v) is 9.18. The van der Waals surface area contributed by atoms with Gasteiger partial charge in [-0.05, 0) is 41.3 Å². The van der Waals surface area contributed by atoms with Gasteiger partial charge in [0.15, 0.2) is 0 Å². The first-order valence-electron chi connectivity index (χ1n) is 9.55. The van der Waals surface area contributed by atoms with Gasteiger partial charge in [0.2, 0.25) is 5.91 Å². The number of halogens is 2. The summed E-state index contributed by atoms with van der Waals surface area (Å²) in [5.41, 5.74) is 2.08. The standard InChI is InChI=1S/C22H26ClFN2OS/c1-16(2)13-25(14-17-4-3-5-19(23)12-17)15-21(27)26-10-11-28-22(26)18-6-8-20(24)9-7-18/h3-9,12,16,22H,10-11,13-15H2,1-2H3/t22-/m0/s1. The van der Waals surface area contributed by atoms with Crippen molar-refractivity contribution in [1.29, 1.82) is 0 Å². The molecule has 3 rings (SSSR count). The molecule has 1 saturated heterocycles. The third kappa shape index (κ3) is 5.72. The summed E-state index contributed by atoms with van der Waals surface area (Å²) in [4.78, 5) is 17.2. The van der Waals surface area contributed by atoms with Crippen LogP contribution in [0.4, 0.5) is 4.39 Å². The molecule has 0 N–H and O–H groups in total. The quantitative estimate of drug-likeness (QED) is 0.614. The number of benzene rings is 2. The Hall–Kier alpha value is -1.56. The smallest absolute Gasteiger partial charge is 0.237 e. The number of rotatable bonds is 7. The van der Waals surface area contributed by atoms with E-state index in [0.717, 1.165) is 30.0 Å². The van der Waals surface area contributed by atoms with Crippen LogP contribution >= 0.6 is 23.4 Å². The molecule has 0 radical (unpaired) electrons. The fraction of sp³-hybridized carbons (Fsp3) is 0.409. The van der Waals surface area contributed by atoms with Crippen molar-refractivity contribution in [2.24, 2.45) is 5.92 Å². The van der Waals surface area contributed by atoms with Crippen molar-refractivity contribution in [1.82, 2.24) is 9.80 Å². The first-order valence-corrected chi connectivity index (χ1v) is 11.0. The maximum absolute atomic E-state index is 13.3. The predicted molar refractivity (Wildman–Crippen MR) is 115 cm³/mol. The van der Waals surface area contributed by atoms with Crippen LogP contribution in [-0.2, 0) is 11.3 Å². The van der Waals surface area contributed by atoms with Gasteiger partial charge < -0.3 is 4.90 Å². The molecule has 1 fully saturated rings. The zero-order valence-electron chi connectivity index (χ0n) is 16.3. The summed E-state index contributed by atoms with van der Waals surface area (Å²) in [6.45, 7) is 6.92. The Morgan fingerprint density at radius 3 is 2.71 bits per heavy atom. The number of nitrogens with zero attached hydrogens (tertiary/aromatic N) is 2. The number of carbonyl (C=O) groups is 1. The zero-order valence-corrected chi connectivity index (χ0v) is 17.8. The Morgan fingerprint density at radius 2 is 2.04 bits per heavy atom. The van der Waals surface area contributed by atoms with Crippen LogP contribution in [0.2, 0.25) is 5.02 Å². The Bertz CT molecular complexity index is 799. The van der Waals surface area contributed by atoms with Crippen molar-refractivity contribution in [3.63, 3.8) is 0 Å². The molecule has 1 heterocycles. The summed E-state index contributed by atoms with van der Waals surface area (Å²) in [7, 11) is 0. The van der Waals surface area contributed by atoms with E-state index in [1.807, 2.05) is 29.2 Å². The zero-order chi connectivity index (χ0) is 20.1. The third-order valence-electron chi connectivity index (χ3n) is 4.64. The molecule has 1 aliphatic rings. The highest BCUT2D eigenvalue weighted by Gasteiger charge is 2.31. The first-order chi connectivity index (χ1) is 13.4. The van der Waals surface area contributed by atoms with E-state index in [4.69, 9.17) is 11.6 Å². The van der Waals surface area contributed by atoms with Gasteiger partial charge in [0.25, 0.3) is 0 Å². The molecule has 2 aromatic rings. The van der Waals surface area contributed by atoms with E-state index in [9.17, 15) is 9.18 Å². The molecule has 0 spiro atoms. The lowest BCUT2D eigenvalue weighted by Gasteiger charge is -2.29. The number of carbonyl (C=O) groups excluding carboxylic acids is 1. The third-order valence-corrected chi connectivity index (χ3v) is 6.14. The van der Waals surface area contributed by atoms with Gasteiger partial charge in [-0.15, -0.1) is 11.8 Å². The number of amides is 1. The summed E-state index contributed by atoms with van der Waals surface area (Å²) in [5, 5.41) is 0.667. The molecular formula is C22H26ClFN2OS. The highest BCUT2D eigenvalue weighted by Crippen LogP contribution is 2.38. The molecule has 0 aromatic heterocycles. The Balaban J connectivity index is 1.70. The monoisotopic (exact) mass is 420 g/mol. The van der Waals surface area contributed by atoms with E-state index in [2.05, 4.69) is 18.7 Å². The van der Waals surface area contributed by atoms with Crippen LogP contribution in [0.15, 0.2) is 48.5 Å². The van der Waals surface area contributed by atoms with Crippen LogP contribution in [0.25, 0.3) is 0 Å². The van der Waals surface area contributed by atoms with Crippen molar-refractivity contribution >= 4 is 29.3 Å². The fourth-order valence-corrected chi connectivity index (χ4v) is 5.00. The van der Waals surface area contributed by atoms with Gasteiger partial charge >= 0.3 is 0 Å². The molecule has 28 heavy (non-hydrogen) atoms. The normalized spacial score (nSPS) is 16.9. The van der Waals surface area contributed by atoms with E-state index < -0.39 is 0 Å². The van der Waals surface area contributed by atoms with Gasteiger partial charge in [-0.3, -0.25) is 9.69 Å². The van der Waals surface area contributed by atoms with Crippen molar-refractivity contribution in [2.75, 3.05) is 25.4 Å². The molecule has 3 nitrogen and oxygen atoms in total. The van der Waals surface area contributed by atoms with Crippen LogP contribution in [0.3, 0.4) is 0 Å². The molecule has 1 aliphatic heterocycles. The number of thioether (sulfide) groups is 1. The maximum Gasteiger partial charge on any atom is 0.237 e. The highest BCUT2D eigenvalue weighted by atomic mass is 35.5. The minimum Gasteiger partial charge on any atom is -0.325 e. The second-order valence-electron chi connectivity index (χ2n) is 7.56. The van der Waals surface area contributed by atoms with Gasteiger partial charge in [-0.2, -0.15) is 0 Å². The Kier molecular flexibility index (Phi) is 7.38. The van der Waals surface area contributed by atoms with E-state index in [0.29, 0.717) is 24.0 Å². The lowest BCUT2D eigenvalue weighted by molar-refractivity contribution is -0.132. The van der Waals surface area contributed by atoms with Crippen molar-refractivity contribution in [2.45, 2.75) is 25.8 Å². The molecule has 0 saturated carbocycles. The second kappa shape index (κ2) is 9.77. The molecule has 1 amide bonds. The Labute approximate surface area is 175 Å². The lowest BCUT2D eigenvalue weighted by Crippen LogP contribution is -2.41. The van der Waals surface area contributed by atoms with Crippen molar-refractivity contribution < 1.29 is 9.18 Å². The van der Waals surface area contributed by atoms with Crippen LogP contribution in [-0.4, -0.2) is 41.1 Å². The summed E-state index contributed by atoms with van der Waals surface area (Å²) < 4.78 is 13.3. The van der Waals surface area contributed by atoms with Gasteiger partial charge in [-0.25, -0.2) is 4.39 Å². The van der Waals surface area contributed by atoms with E-state index in [1.165, 1.54) is 12.1 Å². The van der Waals surface area contributed by atoms with Crippen LogP contribution in [0.1, 0.15) is 30.3 Å². The highest BCUT2D eigenvalue weighted by molar-refractivity contribution is 7.99. The molecule has 1 atom stereocenters. The van der Waals surface area contributed by atoms with Gasteiger partial charge in [0.1, 0.15) is 11.2 Å². The molecule has 6 heteroatoms.